The van der Waals surface area contributed by atoms with Crippen molar-refractivity contribution in [1.29, 1.82) is 0 Å². The summed E-state index contributed by atoms with van der Waals surface area (Å²) in [6.07, 6.45) is 0.448. The maximum Gasteiger partial charge on any atom is 0.115 e. The van der Waals surface area contributed by atoms with Gasteiger partial charge < -0.3 is 4.74 Å². The Morgan fingerprint density at radius 1 is 1.78 bits per heavy atom. The van der Waals surface area contributed by atoms with Crippen LogP contribution in [0.3, 0.4) is 0 Å². The van der Waals surface area contributed by atoms with Gasteiger partial charge in [0.05, 0.1) is 6.61 Å². The molecule has 2 heteroatoms. The first kappa shape index (κ1) is 5.45. The zero-order valence-corrected chi connectivity index (χ0v) is 6.07. The molecule has 1 atom stereocenters. The summed E-state index contributed by atoms with van der Waals surface area (Å²) >= 11 is 1.80. The van der Waals surface area contributed by atoms with Crippen molar-refractivity contribution in [2.45, 2.75) is 13.0 Å². The maximum atomic E-state index is 5.12. The molecule has 0 radical (unpaired) electrons. The summed E-state index contributed by atoms with van der Waals surface area (Å²) in [5, 5.41) is 2.16. The maximum absolute atomic E-state index is 5.12. The first-order valence-corrected chi connectivity index (χ1v) is 3.91. The highest BCUT2D eigenvalue weighted by Gasteiger charge is 2.25. The third-order valence-electron chi connectivity index (χ3n) is 1.40. The fourth-order valence-corrected chi connectivity index (χ4v) is 1.77. The monoisotopic (exact) mass is 140 g/mol. The van der Waals surface area contributed by atoms with Gasteiger partial charge in [-0.25, -0.2) is 0 Å². The molecule has 1 nitrogen and oxygen atoms in total. The van der Waals surface area contributed by atoms with Crippen LogP contribution in [0.15, 0.2) is 11.4 Å². The Balaban J connectivity index is 2.28. The average molecular weight is 140 g/mol. The van der Waals surface area contributed by atoms with Gasteiger partial charge in [0.1, 0.15) is 6.10 Å². The van der Waals surface area contributed by atoms with Gasteiger partial charge in [-0.2, -0.15) is 0 Å². The normalized spacial score (nSPS) is 24.3. The van der Waals surface area contributed by atoms with E-state index in [9.17, 15) is 0 Å². The predicted octanol–water partition coefficient (Wildman–Crippen LogP) is 2.13. The second-order valence-electron chi connectivity index (χ2n) is 2.35. The summed E-state index contributed by atoms with van der Waals surface area (Å²) in [5.41, 5.74) is 1.35. The topological polar surface area (TPSA) is 12.5 Å². The molecule has 1 aliphatic rings. The molecule has 1 unspecified atom stereocenters. The lowest BCUT2D eigenvalue weighted by atomic mass is 10.3. The molecule has 0 N–H and O–H groups in total. The molecule has 0 spiro atoms. The lowest BCUT2D eigenvalue weighted by Crippen LogP contribution is -1.67. The molecule has 0 amide bonds. The minimum atomic E-state index is 0.448. The SMILES string of the molecule is Cc1csc(C2CO2)c1. The average Bonchev–Trinajstić information content (AvgIpc) is 2.58. The van der Waals surface area contributed by atoms with Crippen LogP contribution in [0.4, 0.5) is 0 Å². The van der Waals surface area contributed by atoms with Gasteiger partial charge in [-0.3, -0.25) is 0 Å². The van der Waals surface area contributed by atoms with Crippen molar-refractivity contribution in [2.24, 2.45) is 0 Å². The van der Waals surface area contributed by atoms with Crippen LogP contribution >= 0.6 is 11.3 Å². The zero-order chi connectivity index (χ0) is 6.27. The van der Waals surface area contributed by atoms with E-state index in [0.29, 0.717) is 6.10 Å². The van der Waals surface area contributed by atoms with Gasteiger partial charge in [0, 0.05) is 4.88 Å². The Morgan fingerprint density at radius 3 is 3.00 bits per heavy atom. The summed E-state index contributed by atoms with van der Waals surface area (Å²) < 4.78 is 5.12. The number of aryl methyl sites for hydroxylation is 1. The van der Waals surface area contributed by atoms with Crippen LogP contribution in [0.5, 0.6) is 0 Å². The molecular weight excluding hydrogens is 132 g/mol. The van der Waals surface area contributed by atoms with E-state index in [-0.39, 0.29) is 0 Å². The minimum Gasteiger partial charge on any atom is -0.367 e. The van der Waals surface area contributed by atoms with Crippen LogP contribution in [-0.2, 0) is 4.74 Å². The van der Waals surface area contributed by atoms with Gasteiger partial charge >= 0.3 is 0 Å². The van der Waals surface area contributed by atoms with Crippen LogP contribution in [0, 0.1) is 6.92 Å². The van der Waals surface area contributed by atoms with Crippen molar-refractivity contribution in [2.75, 3.05) is 6.61 Å². The lowest BCUT2D eigenvalue weighted by molar-refractivity contribution is 0.418. The molecule has 1 fully saturated rings. The highest BCUT2D eigenvalue weighted by molar-refractivity contribution is 7.10. The summed E-state index contributed by atoms with van der Waals surface area (Å²) in [4.78, 5) is 1.38. The first-order valence-electron chi connectivity index (χ1n) is 3.03. The van der Waals surface area contributed by atoms with Gasteiger partial charge in [0.15, 0.2) is 0 Å². The van der Waals surface area contributed by atoms with Crippen LogP contribution < -0.4 is 0 Å². The minimum absolute atomic E-state index is 0.448. The molecule has 1 aliphatic heterocycles. The summed E-state index contributed by atoms with van der Waals surface area (Å²) in [7, 11) is 0. The third kappa shape index (κ3) is 1.00. The number of ether oxygens (including phenoxy) is 1. The molecule has 0 aromatic carbocycles. The molecule has 1 saturated heterocycles. The van der Waals surface area contributed by atoms with E-state index >= 15 is 0 Å². The van der Waals surface area contributed by atoms with E-state index < -0.39 is 0 Å². The standard InChI is InChI=1S/C7H8OS/c1-5-2-7(9-4-5)6-3-8-6/h2,4,6H,3H2,1H3. The Kier molecular flexibility index (Phi) is 1.10. The van der Waals surface area contributed by atoms with Gasteiger partial charge in [-0.15, -0.1) is 11.3 Å². The smallest absolute Gasteiger partial charge is 0.115 e. The fourth-order valence-electron chi connectivity index (χ4n) is 0.835. The highest BCUT2D eigenvalue weighted by atomic mass is 32.1. The second-order valence-corrected chi connectivity index (χ2v) is 3.29. The number of hydrogen-bond acceptors (Lipinski definition) is 2. The first-order chi connectivity index (χ1) is 4.36. The third-order valence-corrected chi connectivity index (χ3v) is 2.54. The Morgan fingerprint density at radius 2 is 2.56 bits per heavy atom. The van der Waals surface area contributed by atoms with E-state index in [0.717, 1.165) is 6.61 Å². The number of thiophene rings is 1. The van der Waals surface area contributed by atoms with Crippen molar-refractivity contribution >= 4 is 11.3 Å². The summed E-state index contributed by atoms with van der Waals surface area (Å²) in [5.74, 6) is 0. The molecule has 2 rings (SSSR count). The Bertz CT molecular complexity index is 212. The summed E-state index contributed by atoms with van der Waals surface area (Å²) in [6.45, 7) is 3.04. The van der Waals surface area contributed by atoms with E-state index in [1.165, 1.54) is 10.4 Å². The molecule has 0 saturated carbocycles. The van der Waals surface area contributed by atoms with Crippen molar-refractivity contribution in [3.8, 4) is 0 Å². The highest BCUT2D eigenvalue weighted by Crippen LogP contribution is 2.33. The van der Waals surface area contributed by atoms with Gasteiger partial charge in [0.2, 0.25) is 0 Å². The predicted molar refractivity (Wildman–Crippen MR) is 37.7 cm³/mol. The van der Waals surface area contributed by atoms with E-state index in [1.807, 2.05) is 0 Å². The molecule has 0 bridgehead atoms. The molecule has 9 heavy (non-hydrogen) atoms. The van der Waals surface area contributed by atoms with Crippen molar-refractivity contribution in [3.63, 3.8) is 0 Å². The number of rotatable bonds is 1. The Labute approximate surface area is 58.3 Å². The van der Waals surface area contributed by atoms with E-state index in [2.05, 4.69) is 18.4 Å². The van der Waals surface area contributed by atoms with E-state index in [1.54, 1.807) is 11.3 Å². The largest absolute Gasteiger partial charge is 0.367 e. The van der Waals surface area contributed by atoms with Crippen molar-refractivity contribution in [1.82, 2.24) is 0 Å². The summed E-state index contributed by atoms with van der Waals surface area (Å²) in [6, 6.07) is 2.20. The van der Waals surface area contributed by atoms with Crippen molar-refractivity contribution < 1.29 is 4.74 Å². The quantitative estimate of drug-likeness (QED) is 0.544. The van der Waals surface area contributed by atoms with Crippen LogP contribution in [0.25, 0.3) is 0 Å². The molecule has 1 aromatic heterocycles. The van der Waals surface area contributed by atoms with Gasteiger partial charge in [0.25, 0.3) is 0 Å². The number of hydrogen-bond donors (Lipinski definition) is 0. The van der Waals surface area contributed by atoms with Gasteiger partial charge in [-0.1, -0.05) is 0 Å². The lowest BCUT2D eigenvalue weighted by Gasteiger charge is -1.80. The molecule has 48 valence electrons. The number of epoxide rings is 1. The Hall–Kier alpha value is -0.340. The van der Waals surface area contributed by atoms with Gasteiger partial charge in [-0.05, 0) is 23.9 Å². The van der Waals surface area contributed by atoms with Crippen LogP contribution in [-0.4, -0.2) is 6.61 Å². The van der Waals surface area contributed by atoms with Crippen molar-refractivity contribution in [3.05, 3.63) is 21.9 Å². The van der Waals surface area contributed by atoms with Crippen LogP contribution in [0.2, 0.25) is 0 Å². The molecule has 0 aliphatic carbocycles. The fraction of sp³-hybridized carbons (Fsp3) is 0.429. The second kappa shape index (κ2) is 1.82. The molecular formula is C7H8OS. The van der Waals surface area contributed by atoms with E-state index in [4.69, 9.17) is 4.74 Å². The molecule has 2 heterocycles. The molecule has 1 aromatic rings. The zero-order valence-electron chi connectivity index (χ0n) is 5.26. The van der Waals surface area contributed by atoms with Crippen LogP contribution in [0.1, 0.15) is 16.5 Å².